The van der Waals surface area contributed by atoms with Gasteiger partial charge in [-0.15, -0.1) is 0 Å². The standard InChI is InChI=1S/C20H17F2NO2S/c21-15-7-5-8-16(12-15)26(24,25)23-13-14-6-1-2-9-17(14)20(23)18-10-3-4-11-19(18)22/h3-5,7-8,10-13H,1-2,6,9H2. The van der Waals surface area contributed by atoms with E-state index in [9.17, 15) is 17.2 Å². The fourth-order valence-electron chi connectivity index (χ4n) is 3.55. The second kappa shape index (κ2) is 6.36. The Morgan fingerprint density at radius 1 is 0.923 bits per heavy atom. The van der Waals surface area contributed by atoms with E-state index in [2.05, 4.69) is 0 Å². The Labute approximate surface area is 151 Å². The van der Waals surface area contributed by atoms with Crippen LogP contribution in [0.2, 0.25) is 0 Å². The molecule has 0 fully saturated rings. The number of nitrogens with zero attached hydrogens (tertiary/aromatic N) is 1. The van der Waals surface area contributed by atoms with E-state index in [-0.39, 0.29) is 10.5 Å². The van der Waals surface area contributed by atoms with Crippen LogP contribution in [-0.2, 0) is 22.9 Å². The summed E-state index contributed by atoms with van der Waals surface area (Å²) in [6, 6.07) is 11.0. The molecule has 4 rings (SSSR count). The van der Waals surface area contributed by atoms with Gasteiger partial charge in [-0.3, -0.25) is 0 Å². The molecule has 0 aliphatic heterocycles. The highest BCUT2D eigenvalue weighted by Gasteiger charge is 2.28. The van der Waals surface area contributed by atoms with E-state index in [4.69, 9.17) is 0 Å². The van der Waals surface area contributed by atoms with Gasteiger partial charge in [-0.2, -0.15) is 0 Å². The third-order valence-corrected chi connectivity index (χ3v) is 6.43. The molecule has 134 valence electrons. The molecule has 0 saturated heterocycles. The Morgan fingerprint density at radius 3 is 2.46 bits per heavy atom. The zero-order valence-electron chi connectivity index (χ0n) is 14.0. The zero-order valence-corrected chi connectivity index (χ0v) is 14.8. The summed E-state index contributed by atoms with van der Waals surface area (Å²) in [6.07, 6.45) is 4.91. The number of fused-ring (bicyclic) bond motifs is 1. The van der Waals surface area contributed by atoms with Crippen LogP contribution in [0.5, 0.6) is 0 Å². The Kier molecular flexibility index (Phi) is 4.15. The molecule has 3 nitrogen and oxygen atoms in total. The number of aromatic nitrogens is 1. The maximum Gasteiger partial charge on any atom is 0.268 e. The van der Waals surface area contributed by atoms with E-state index < -0.39 is 21.7 Å². The van der Waals surface area contributed by atoms with Crippen LogP contribution in [-0.4, -0.2) is 12.4 Å². The number of hydrogen-bond acceptors (Lipinski definition) is 2. The monoisotopic (exact) mass is 373 g/mol. The first-order valence-electron chi connectivity index (χ1n) is 8.47. The van der Waals surface area contributed by atoms with Gasteiger partial charge in [0, 0.05) is 11.8 Å². The quantitative estimate of drug-likeness (QED) is 0.676. The van der Waals surface area contributed by atoms with Gasteiger partial charge in [-0.1, -0.05) is 18.2 Å². The van der Waals surface area contributed by atoms with Crippen LogP contribution >= 0.6 is 0 Å². The molecule has 1 aliphatic carbocycles. The largest absolute Gasteiger partial charge is 0.268 e. The van der Waals surface area contributed by atoms with Gasteiger partial charge in [0.05, 0.1) is 10.6 Å². The summed E-state index contributed by atoms with van der Waals surface area (Å²) >= 11 is 0. The minimum Gasteiger partial charge on any atom is -0.240 e. The summed E-state index contributed by atoms with van der Waals surface area (Å²) in [4.78, 5) is -0.151. The van der Waals surface area contributed by atoms with Crippen molar-refractivity contribution in [3.05, 3.63) is 77.5 Å². The molecule has 0 N–H and O–H groups in total. The van der Waals surface area contributed by atoms with Gasteiger partial charge in [0.1, 0.15) is 11.6 Å². The van der Waals surface area contributed by atoms with Gasteiger partial charge in [-0.25, -0.2) is 21.2 Å². The number of halogens is 2. The van der Waals surface area contributed by atoms with E-state index >= 15 is 0 Å². The van der Waals surface area contributed by atoms with Gasteiger partial charge in [0.15, 0.2) is 0 Å². The average Bonchev–Trinajstić information content (AvgIpc) is 3.02. The normalized spacial score (nSPS) is 14.2. The molecule has 0 bridgehead atoms. The van der Waals surface area contributed by atoms with Gasteiger partial charge < -0.3 is 0 Å². The maximum atomic E-state index is 14.5. The molecule has 0 saturated carbocycles. The van der Waals surface area contributed by atoms with E-state index in [1.807, 2.05) is 0 Å². The zero-order chi connectivity index (χ0) is 18.3. The molecule has 0 atom stereocenters. The van der Waals surface area contributed by atoms with E-state index in [0.29, 0.717) is 12.1 Å². The molecule has 2 aromatic carbocycles. The number of benzene rings is 2. The van der Waals surface area contributed by atoms with Crippen molar-refractivity contribution in [3.63, 3.8) is 0 Å². The van der Waals surface area contributed by atoms with Crippen molar-refractivity contribution in [3.8, 4) is 11.3 Å². The summed E-state index contributed by atoms with van der Waals surface area (Å²) in [5, 5.41) is 0. The molecule has 0 spiro atoms. The topological polar surface area (TPSA) is 39.1 Å². The Morgan fingerprint density at radius 2 is 1.69 bits per heavy atom. The molecule has 1 aliphatic rings. The average molecular weight is 373 g/mol. The van der Waals surface area contributed by atoms with Crippen molar-refractivity contribution >= 4 is 10.0 Å². The first kappa shape index (κ1) is 17.0. The second-order valence-corrected chi connectivity index (χ2v) is 8.24. The Hall–Kier alpha value is -2.47. The predicted octanol–water partition coefficient (Wildman–Crippen LogP) is 4.55. The van der Waals surface area contributed by atoms with Crippen molar-refractivity contribution in [2.24, 2.45) is 0 Å². The lowest BCUT2D eigenvalue weighted by Gasteiger charge is -2.15. The first-order valence-corrected chi connectivity index (χ1v) is 9.91. The lowest BCUT2D eigenvalue weighted by atomic mass is 9.92. The van der Waals surface area contributed by atoms with Crippen LogP contribution in [0.15, 0.2) is 59.6 Å². The van der Waals surface area contributed by atoms with Crippen LogP contribution in [0.4, 0.5) is 8.78 Å². The minimum absolute atomic E-state index is 0.151. The van der Waals surface area contributed by atoms with Crippen LogP contribution < -0.4 is 0 Å². The van der Waals surface area contributed by atoms with E-state index in [1.54, 1.807) is 24.4 Å². The third-order valence-electron chi connectivity index (χ3n) is 4.77. The van der Waals surface area contributed by atoms with Crippen LogP contribution in [0.3, 0.4) is 0 Å². The molecular weight excluding hydrogens is 356 g/mol. The molecule has 3 aromatic rings. The maximum absolute atomic E-state index is 14.5. The van der Waals surface area contributed by atoms with E-state index in [1.165, 1.54) is 24.3 Å². The van der Waals surface area contributed by atoms with Crippen molar-refractivity contribution in [1.29, 1.82) is 0 Å². The van der Waals surface area contributed by atoms with Crippen LogP contribution in [0.25, 0.3) is 11.3 Å². The van der Waals surface area contributed by atoms with Crippen molar-refractivity contribution in [2.45, 2.75) is 30.6 Å². The molecule has 0 unspecified atom stereocenters. The highest BCUT2D eigenvalue weighted by molar-refractivity contribution is 7.90. The molecule has 0 radical (unpaired) electrons. The fourth-order valence-corrected chi connectivity index (χ4v) is 5.00. The van der Waals surface area contributed by atoms with Crippen LogP contribution in [0.1, 0.15) is 24.0 Å². The van der Waals surface area contributed by atoms with Gasteiger partial charge in [0.25, 0.3) is 10.0 Å². The lowest BCUT2D eigenvalue weighted by molar-refractivity contribution is 0.583. The summed E-state index contributed by atoms with van der Waals surface area (Å²) in [5.41, 5.74) is 2.37. The van der Waals surface area contributed by atoms with Crippen molar-refractivity contribution < 1.29 is 17.2 Å². The summed E-state index contributed by atoms with van der Waals surface area (Å²) in [7, 11) is -4.04. The Bertz CT molecular complexity index is 1090. The Balaban J connectivity index is 2.00. The number of aryl methyl sites for hydroxylation is 1. The molecule has 1 heterocycles. The molecule has 6 heteroatoms. The molecular formula is C20H17F2NO2S. The summed E-state index contributed by atoms with van der Waals surface area (Å²) in [6.45, 7) is 0. The van der Waals surface area contributed by atoms with Gasteiger partial charge in [0.2, 0.25) is 0 Å². The third kappa shape index (κ3) is 2.74. The number of hydrogen-bond donors (Lipinski definition) is 0. The second-order valence-electron chi connectivity index (χ2n) is 6.43. The fraction of sp³-hybridized carbons (Fsp3) is 0.200. The van der Waals surface area contributed by atoms with Crippen LogP contribution in [0, 0.1) is 11.6 Å². The predicted molar refractivity (Wildman–Crippen MR) is 95.5 cm³/mol. The van der Waals surface area contributed by atoms with Crippen molar-refractivity contribution in [1.82, 2.24) is 3.97 Å². The van der Waals surface area contributed by atoms with Gasteiger partial charge >= 0.3 is 0 Å². The molecule has 1 aromatic heterocycles. The number of rotatable bonds is 3. The van der Waals surface area contributed by atoms with Crippen molar-refractivity contribution in [2.75, 3.05) is 0 Å². The lowest BCUT2D eigenvalue weighted by Crippen LogP contribution is -2.14. The summed E-state index contributed by atoms with van der Waals surface area (Å²) < 4.78 is 55.6. The smallest absolute Gasteiger partial charge is 0.240 e. The minimum atomic E-state index is -4.04. The summed E-state index contributed by atoms with van der Waals surface area (Å²) in [5.74, 6) is -1.11. The highest BCUT2D eigenvalue weighted by Crippen LogP contribution is 2.37. The molecule has 0 amide bonds. The van der Waals surface area contributed by atoms with E-state index in [0.717, 1.165) is 40.4 Å². The SMILES string of the molecule is O=S(=O)(c1cccc(F)c1)n1cc2c(c1-c1ccccc1F)CCCC2. The first-order chi connectivity index (χ1) is 12.5. The molecule has 26 heavy (non-hydrogen) atoms. The highest BCUT2D eigenvalue weighted by atomic mass is 32.2. The van der Waals surface area contributed by atoms with Gasteiger partial charge in [-0.05, 0) is 67.1 Å².